The predicted octanol–water partition coefficient (Wildman–Crippen LogP) is 2.97. The Kier molecular flexibility index (Phi) is 4.49. The molecule has 1 aromatic heterocycles. The Bertz CT molecular complexity index is 686. The van der Waals surface area contributed by atoms with Crippen molar-refractivity contribution in [1.82, 2.24) is 9.88 Å². The van der Waals surface area contributed by atoms with Crippen molar-refractivity contribution in [3.05, 3.63) is 47.3 Å². The maximum absolute atomic E-state index is 12.6. The average Bonchev–Trinajstić information content (AvgIpc) is 2.77. The van der Waals surface area contributed by atoms with E-state index in [2.05, 4.69) is 9.88 Å². The Morgan fingerprint density at radius 2 is 1.76 bits per heavy atom. The van der Waals surface area contributed by atoms with Crippen molar-refractivity contribution < 1.29 is 12.9 Å². The molecule has 1 heterocycles. The molecule has 21 heavy (non-hydrogen) atoms. The number of rotatable bonds is 5. The molecule has 0 aliphatic carbocycles. The molecule has 114 valence electrons. The lowest BCUT2D eigenvalue weighted by Crippen LogP contribution is -2.32. The van der Waals surface area contributed by atoms with Crippen LogP contribution in [0.1, 0.15) is 36.9 Å². The lowest BCUT2D eigenvalue weighted by Gasteiger charge is -2.22. The highest BCUT2D eigenvalue weighted by atomic mass is 32.2. The summed E-state index contributed by atoms with van der Waals surface area (Å²) >= 11 is 0. The van der Waals surface area contributed by atoms with E-state index in [9.17, 15) is 8.42 Å². The quantitative estimate of drug-likeness (QED) is 0.921. The minimum Gasteiger partial charge on any atom is -0.360 e. The molecule has 0 amide bonds. The summed E-state index contributed by atoms with van der Waals surface area (Å²) in [6.45, 7) is 7.18. The average molecular weight is 308 g/mol. The second-order valence-electron chi connectivity index (χ2n) is 5.41. The Balaban J connectivity index is 2.38. The van der Waals surface area contributed by atoms with Crippen molar-refractivity contribution >= 4 is 10.0 Å². The van der Waals surface area contributed by atoms with E-state index in [0.717, 1.165) is 5.56 Å². The van der Waals surface area contributed by atoms with E-state index in [0.29, 0.717) is 11.5 Å². The first-order chi connectivity index (χ1) is 9.83. The zero-order valence-electron chi connectivity index (χ0n) is 12.6. The van der Waals surface area contributed by atoms with Gasteiger partial charge in [-0.1, -0.05) is 49.3 Å². The summed E-state index contributed by atoms with van der Waals surface area (Å²) in [5.74, 6) is 0.415. The second kappa shape index (κ2) is 5.99. The molecule has 2 aromatic rings. The number of benzene rings is 1. The zero-order chi connectivity index (χ0) is 15.6. The number of nitrogens with one attached hydrogen (secondary N) is 1. The van der Waals surface area contributed by atoms with Gasteiger partial charge >= 0.3 is 0 Å². The predicted molar refractivity (Wildman–Crippen MR) is 80.3 cm³/mol. The molecular weight excluding hydrogens is 288 g/mol. The Morgan fingerprint density at radius 3 is 2.24 bits per heavy atom. The van der Waals surface area contributed by atoms with Crippen LogP contribution in [-0.2, 0) is 10.0 Å². The molecule has 1 aromatic carbocycles. The summed E-state index contributed by atoms with van der Waals surface area (Å²) in [6.07, 6.45) is 0. The van der Waals surface area contributed by atoms with Crippen LogP contribution in [0, 0.1) is 19.8 Å². The molecule has 0 saturated heterocycles. The van der Waals surface area contributed by atoms with Gasteiger partial charge in [-0.05, 0) is 25.3 Å². The second-order valence-corrected chi connectivity index (χ2v) is 7.06. The third-order valence-electron chi connectivity index (χ3n) is 3.34. The van der Waals surface area contributed by atoms with Crippen molar-refractivity contribution in [2.45, 2.75) is 38.6 Å². The van der Waals surface area contributed by atoms with Gasteiger partial charge in [0, 0.05) is 6.04 Å². The minimum absolute atomic E-state index is 0.114. The summed E-state index contributed by atoms with van der Waals surface area (Å²) in [5, 5.41) is 3.71. The summed E-state index contributed by atoms with van der Waals surface area (Å²) in [5.41, 5.74) is 1.30. The molecule has 6 heteroatoms. The van der Waals surface area contributed by atoms with E-state index < -0.39 is 10.0 Å². The maximum Gasteiger partial charge on any atom is 0.246 e. The monoisotopic (exact) mass is 308 g/mol. The molecule has 0 fully saturated rings. The topological polar surface area (TPSA) is 72.2 Å². The van der Waals surface area contributed by atoms with Gasteiger partial charge in [0.05, 0.1) is 0 Å². The van der Waals surface area contributed by atoms with Gasteiger partial charge in [-0.2, -0.15) is 0 Å². The first-order valence-electron chi connectivity index (χ1n) is 6.83. The van der Waals surface area contributed by atoms with Crippen LogP contribution in [0.4, 0.5) is 0 Å². The fraction of sp³-hybridized carbons (Fsp3) is 0.400. The van der Waals surface area contributed by atoms with Crippen LogP contribution in [0.15, 0.2) is 39.8 Å². The van der Waals surface area contributed by atoms with E-state index >= 15 is 0 Å². The molecule has 0 aliphatic rings. The van der Waals surface area contributed by atoms with E-state index in [1.54, 1.807) is 13.8 Å². The highest BCUT2D eigenvalue weighted by Crippen LogP contribution is 2.26. The third-order valence-corrected chi connectivity index (χ3v) is 5.03. The fourth-order valence-electron chi connectivity index (χ4n) is 2.33. The summed E-state index contributed by atoms with van der Waals surface area (Å²) in [6, 6.07) is 9.24. The van der Waals surface area contributed by atoms with Gasteiger partial charge in [-0.25, -0.2) is 13.1 Å². The van der Waals surface area contributed by atoms with Gasteiger partial charge in [-0.3, -0.25) is 0 Å². The van der Waals surface area contributed by atoms with Gasteiger partial charge in [0.2, 0.25) is 10.0 Å². The van der Waals surface area contributed by atoms with Gasteiger partial charge in [0.25, 0.3) is 0 Å². The highest BCUT2D eigenvalue weighted by Gasteiger charge is 2.28. The molecule has 1 unspecified atom stereocenters. The van der Waals surface area contributed by atoms with Crippen LogP contribution in [0.3, 0.4) is 0 Å². The van der Waals surface area contributed by atoms with Crippen molar-refractivity contribution in [2.24, 2.45) is 5.92 Å². The lowest BCUT2D eigenvalue weighted by atomic mass is 9.97. The van der Waals surface area contributed by atoms with Crippen molar-refractivity contribution in [1.29, 1.82) is 0 Å². The summed E-state index contributed by atoms with van der Waals surface area (Å²) in [7, 11) is -3.68. The molecule has 5 nitrogen and oxygen atoms in total. The molecule has 0 aliphatic heterocycles. The normalized spacial score (nSPS) is 13.6. The third kappa shape index (κ3) is 3.33. The number of hydrogen-bond acceptors (Lipinski definition) is 4. The van der Waals surface area contributed by atoms with Crippen LogP contribution >= 0.6 is 0 Å². The standard InChI is InChI=1S/C15H20N2O3S/c1-10(2)14(13-8-6-5-7-9-13)17-21(18,19)15-11(3)16-20-12(15)4/h5-10,14,17H,1-4H3. The van der Waals surface area contributed by atoms with E-state index in [1.165, 1.54) is 0 Å². The number of sulfonamides is 1. The summed E-state index contributed by atoms with van der Waals surface area (Å²) < 4.78 is 32.9. The molecule has 0 bridgehead atoms. The zero-order valence-corrected chi connectivity index (χ0v) is 13.4. The van der Waals surface area contributed by atoms with Crippen LogP contribution < -0.4 is 4.72 Å². The molecule has 0 radical (unpaired) electrons. The number of aryl methyl sites for hydroxylation is 2. The fourth-order valence-corrected chi connectivity index (χ4v) is 4.04. The van der Waals surface area contributed by atoms with Crippen LogP contribution in [0.25, 0.3) is 0 Å². The van der Waals surface area contributed by atoms with Crippen molar-refractivity contribution in [3.63, 3.8) is 0 Å². The van der Waals surface area contributed by atoms with E-state index in [1.807, 2.05) is 44.2 Å². The Hall–Kier alpha value is -1.66. The first kappa shape index (κ1) is 15.7. The Labute approximate surface area is 125 Å². The van der Waals surface area contributed by atoms with Crippen LogP contribution in [0.5, 0.6) is 0 Å². The Morgan fingerprint density at radius 1 is 1.14 bits per heavy atom. The molecule has 1 N–H and O–H groups in total. The van der Waals surface area contributed by atoms with Gasteiger partial charge in [0.15, 0.2) is 5.76 Å². The van der Waals surface area contributed by atoms with Crippen LogP contribution in [0.2, 0.25) is 0 Å². The smallest absolute Gasteiger partial charge is 0.246 e. The number of hydrogen-bond donors (Lipinski definition) is 1. The number of aromatic nitrogens is 1. The SMILES string of the molecule is Cc1noc(C)c1S(=O)(=O)NC(c1ccccc1)C(C)C. The van der Waals surface area contributed by atoms with Crippen LogP contribution in [-0.4, -0.2) is 13.6 Å². The number of nitrogens with zero attached hydrogens (tertiary/aromatic N) is 1. The molecule has 1 atom stereocenters. The van der Waals surface area contributed by atoms with E-state index in [4.69, 9.17) is 4.52 Å². The van der Waals surface area contributed by atoms with Crippen molar-refractivity contribution in [3.8, 4) is 0 Å². The molecular formula is C15H20N2O3S. The minimum atomic E-state index is -3.68. The van der Waals surface area contributed by atoms with Gasteiger partial charge in [0.1, 0.15) is 10.6 Å². The summed E-state index contributed by atoms with van der Waals surface area (Å²) in [4.78, 5) is 0.129. The highest BCUT2D eigenvalue weighted by molar-refractivity contribution is 7.89. The van der Waals surface area contributed by atoms with Crippen molar-refractivity contribution in [2.75, 3.05) is 0 Å². The molecule has 0 spiro atoms. The van der Waals surface area contributed by atoms with E-state index in [-0.39, 0.29) is 16.9 Å². The van der Waals surface area contributed by atoms with Gasteiger partial charge < -0.3 is 4.52 Å². The first-order valence-corrected chi connectivity index (χ1v) is 8.31. The lowest BCUT2D eigenvalue weighted by molar-refractivity contribution is 0.390. The van der Waals surface area contributed by atoms with Gasteiger partial charge in [-0.15, -0.1) is 0 Å². The molecule has 0 saturated carbocycles. The largest absolute Gasteiger partial charge is 0.360 e. The molecule has 2 rings (SSSR count). The maximum atomic E-state index is 12.6.